The fourth-order valence-electron chi connectivity index (χ4n) is 2.14. The van der Waals surface area contributed by atoms with Crippen LogP contribution in [0.1, 0.15) is 0 Å². The van der Waals surface area contributed by atoms with Crippen molar-refractivity contribution in [1.82, 2.24) is 0 Å². The number of alkyl halides is 25. The number of phosphoric ester groups is 1. The van der Waals surface area contributed by atoms with Gasteiger partial charge in [0.25, 0.3) is 0 Å². The average molecular weight is 756 g/mol. The Morgan fingerprint density at radius 3 is 0.674 bits per heavy atom. The van der Waals surface area contributed by atoms with Gasteiger partial charge in [-0.05, 0) is 0 Å². The zero-order valence-electron chi connectivity index (χ0n) is 17.6. The number of hydrogen-bond donors (Lipinski definition) is 2. The van der Waals surface area contributed by atoms with Crippen LogP contribution in [-0.2, 0) is 9.09 Å². The van der Waals surface area contributed by atoms with E-state index in [0.717, 1.165) is 0 Å². The molecule has 0 aromatic rings. The zero-order chi connectivity index (χ0) is 35.2. The van der Waals surface area contributed by atoms with Gasteiger partial charge in [-0.3, -0.25) is 0 Å². The maximum absolute atomic E-state index is 13.5. The molecule has 0 aliphatic heterocycles. The Kier molecular flexibility index (Phi) is 11.9. The van der Waals surface area contributed by atoms with Crippen LogP contribution in [0.4, 0.5) is 110 Å². The van der Waals surface area contributed by atoms with Crippen molar-refractivity contribution < 1.29 is 129 Å². The zero-order valence-corrected chi connectivity index (χ0v) is 18.5. The van der Waals surface area contributed by atoms with Crippen LogP contribution >= 0.6 is 7.82 Å². The van der Waals surface area contributed by atoms with Gasteiger partial charge in [0.2, 0.25) is 0 Å². The van der Waals surface area contributed by atoms with E-state index in [0.29, 0.717) is 0 Å². The van der Waals surface area contributed by atoms with Gasteiger partial charge in [0.05, 0.1) is 0 Å². The monoisotopic (exact) mass is 756 g/mol. The molecule has 0 saturated carbocycles. The first kappa shape index (κ1) is 45.1. The summed E-state index contributed by atoms with van der Waals surface area (Å²) < 4.78 is 340. The van der Waals surface area contributed by atoms with Gasteiger partial charge < -0.3 is 9.79 Å². The molecule has 0 fully saturated rings. The van der Waals surface area contributed by atoms with Gasteiger partial charge >= 0.3 is 131 Å². The minimum absolute atomic E-state index is 0. The summed E-state index contributed by atoms with van der Waals surface area (Å²) in [5, 5.41) is 0. The van der Waals surface area contributed by atoms with E-state index in [1.165, 1.54) is 0 Å². The minimum atomic E-state index is -9.74. The molecule has 4 nitrogen and oxygen atoms in total. The summed E-state index contributed by atoms with van der Waals surface area (Å²) in [5.41, 5.74) is 0. The van der Waals surface area contributed by atoms with E-state index in [1.54, 1.807) is 4.52 Å². The average Bonchev–Trinajstić information content (AvgIpc) is 2.69. The summed E-state index contributed by atoms with van der Waals surface area (Å²) in [7, 11) is -7.35. The van der Waals surface area contributed by atoms with Crippen molar-refractivity contribution in [2.75, 3.05) is 0 Å². The third-order valence-corrected chi connectivity index (χ3v) is 4.97. The van der Waals surface area contributed by atoms with E-state index < -0.39 is 79.3 Å². The van der Waals surface area contributed by atoms with Crippen LogP contribution in [0.15, 0.2) is 0 Å². The molecule has 0 radical (unpaired) electrons. The SMILES string of the molecule is O=P(O)(O)OC(F)(F)C(F)(F)C(F)(F)C(F)(F)C(F)(F)C(F)(F)C(F)(F)C(F)(F)C(F)(F)C(F)(F)C(F)(F)C(F)(F)F.[KH]. The van der Waals surface area contributed by atoms with Crippen LogP contribution in [-0.4, -0.2) is 133 Å². The van der Waals surface area contributed by atoms with Gasteiger partial charge in [0.15, 0.2) is 0 Å². The molecule has 0 aromatic heterocycles. The Balaban J connectivity index is 0. The van der Waals surface area contributed by atoms with Crippen molar-refractivity contribution in [3.63, 3.8) is 0 Å². The summed E-state index contributed by atoms with van der Waals surface area (Å²) in [5.74, 6) is -93.6. The predicted octanol–water partition coefficient (Wildman–Crippen LogP) is 6.96. The van der Waals surface area contributed by atoms with Crippen LogP contribution < -0.4 is 0 Å². The first-order chi connectivity index (χ1) is 17.5. The number of phosphoric acid groups is 1. The molecule has 0 aliphatic carbocycles. The van der Waals surface area contributed by atoms with Crippen LogP contribution in [0.25, 0.3) is 0 Å². The van der Waals surface area contributed by atoms with Crippen LogP contribution in [0.5, 0.6) is 0 Å². The molecule has 0 amide bonds. The normalized spacial score (nSPS) is 16.7. The predicted molar refractivity (Wildman–Crippen MR) is 80.8 cm³/mol. The molecule has 2 N–H and O–H groups in total. The maximum atomic E-state index is 13.5. The van der Waals surface area contributed by atoms with Gasteiger partial charge in [-0.2, -0.15) is 110 Å². The van der Waals surface area contributed by atoms with E-state index in [-0.39, 0.29) is 51.4 Å². The fourth-order valence-corrected chi connectivity index (χ4v) is 2.56. The van der Waals surface area contributed by atoms with E-state index in [9.17, 15) is 114 Å². The van der Waals surface area contributed by atoms with Crippen LogP contribution in [0.3, 0.4) is 0 Å². The number of halogens is 25. The van der Waals surface area contributed by atoms with Crippen molar-refractivity contribution in [1.29, 1.82) is 0 Å². The van der Waals surface area contributed by atoms with E-state index in [2.05, 4.69) is 0 Å². The molecule has 0 heterocycles. The van der Waals surface area contributed by atoms with Gasteiger partial charge in [-0.1, -0.05) is 0 Å². The molecule has 0 rings (SSSR count). The number of hydrogen-bond acceptors (Lipinski definition) is 2. The van der Waals surface area contributed by atoms with Crippen LogP contribution in [0, 0.1) is 0 Å². The molecule has 0 atom stereocenters. The Morgan fingerprint density at radius 1 is 0.349 bits per heavy atom. The summed E-state index contributed by atoms with van der Waals surface area (Å²) >= 11 is 0. The quantitative estimate of drug-likeness (QED) is 0.129. The first-order valence-electron chi connectivity index (χ1n) is 8.44. The van der Waals surface area contributed by atoms with Crippen molar-refractivity contribution >= 4 is 59.2 Å². The molecular weight excluding hydrogens is 753 g/mol. The standard InChI is InChI=1S/C12H2F25O4P.K.H/c13-1(14,3(17,18)5(21,22)7(25,26)9(29,30)11(33,34)35)2(15,16)4(19,20)6(23,24)8(27,28)10(31,32)12(36,37)41-42(38,39)40;;/h(H2,38,39,40);;. The first-order valence-corrected chi connectivity index (χ1v) is 9.97. The van der Waals surface area contributed by atoms with E-state index in [4.69, 9.17) is 9.79 Å². The van der Waals surface area contributed by atoms with Crippen molar-refractivity contribution in [2.45, 2.75) is 71.5 Å². The Hall–Kier alpha value is -0.00364. The van der Waals surface area contributed by atoms with Gasteiger partial charge in [-0.25, -0.2) is 9.09 Å². The summed E-state index contributed by atoms with van der Waals surface area (Å²) in [6.45, 7) is 0. The van der Waals surface area contributed by atoms with E-state index >= 15 is 0 Å². The second-order valence-electron chi connectivity index (χ2n) is 7.34. The molecule has 31 heteroatoms. The molecule has 0 bridgehead atoms. The molecule has 256 valence electrons. The van der Waals surface area contributed by atoms with Gasteiger partial charge in [-0.15, -0.1) is 0 Å². The Labute approximate surface area is 258 Å². The fraction of sp³-hybridized carbons (Fsp3) is 1.00. The summed E-state index contributed by atoms with van der Waals surface area (Å²) in [4.78, 5) is 15.7. The number of rotatable bonds is 12. The molecular formula is C12H3F25KO4P. The van der Waals surface area contributed by atoms with Gasteiger partial charge in [0.1, 0.15) is 0 Å². The van der Waals surface area contributed by atoms with E-state index in [1.807, 2.05) is 0 Å². The molecule has 0 spiro atoms. The van der Waals surface area contributed by atoms with Crippen molar-refractivity contribution in [3.05, 3.63) is 0 Å². The summed E-state index contributed by atoms with van der Waals surface area (Å²) in [6.07, 6.45) is -16.2. The van der Waals surface area contributed by atoms with Crippen LogP contribution in [0.2, 0.25) is 0 Å². The molecule has 0 unspecified atom stereocenters. The Bertz CT molecular complexity index is 1060. The van der Waals surface area contributed by atoms with Crippen molar-refractivity contribution in [3.8, 4) is 0 Å². The Morgan fingerprint density at radius 2 is 0.512 bits per heavy atom. The third kappa shape index (κ3) is 6.09. The topological polar surface area (TPSA) is 66.8 Å². The van der Waals surface area contributed by atoms with Gasteiger partial charge in [0, 0.05) is 0 Å². The molecule has 0 aliphatic rings. The third-order valence-electron chi connectivity index (χ3n) is 4.50. The molecule has 43 heavy (non-hydrogen) atoms. The molecule has 0 saturated heterocycles. The second-order valence-corrected chi connectivity index (χ2v) is 8.50. The van der Waals surface area contributed by atoms with Crippen molar-refractivity contribution in [2.24, 2.45) is 0 Å². The molecule has 0 aromatic carbocycles. The second kappa shape index (κ2) is 11.3. The summed E-state index contributed by atoms with van der Waals surface area (Å²) in [6, 6.07) is 0.